The average molecular weight is 290 g/mol. The van der Waals surface area contributed by atoms with Crippen molar-refractivity contribution < 1.29 is 4.79 Å². The first-order valence-electron chi connectivity index (χ1n) is 6.46. The number of benzene rings is 1. The Labute approximate surface area is 123 Å². The summed E-state index contributed by atoms with van der Waals surface area (Å²) in [5.41, 5.74) is 0.816. The molecule has 0 spiro atoms. The summed E-state index contributed by atoms with van der Waals surface area (Å²) in [5.74, 6) is -0.222. The first kappa shape index (κ1) is 14.6. The Balaban J connectivity index is 2.18. The molecular formula is C15H16ClN3O. The van der Waals surface area contributed by atoms with E-state index in [4.69, 9.17) is 11.6 Å². The normalized spacial score (nSPS) is 16.9. The third-order valence-corrected chi connectivity index (χ3v) is 3.69. The molecular weight excluding hydrogens is 274 g/mol. The molecule has 0 radical (unpaired) electrons. The summed E-state index contributed by atoms with van der Waals surface area (Å²) in [6, 6.07) is 9.15. The van der Waals surface area contributed by atoms with E-state index in [1.54, 1.807) is 23.1 Å². The number of hydrogen-bond acceptors (Lipinski definition) is 3. The molecule has 0 N–H and O–H groups in total. The van der Waals surface area contributed by atoms with Crippen LogP contribution in [0.15, 0.2) is 29.8 Å². The van der Waals surface area contributed by atoms with Crippen LogP contribution in [0.25, 0.3) is 6.08 Å². The van der Waals surface area contributed by atoms with Crippen LogP contribution in [0.1, 0.15) is 5.56 Å². The molecule has 1 aromatic carbocycles. The molecule has 1 aliphatic heterocycles. The van der Waals surface area contributed by atoms with Gasteiger partial charge in [0.1, 0.15) is 11.6 Å². The van der Waals surface area contributed by atoms with Crippen molar-refractivity contribution in [1.29, 1.82) is 5.26 Å². The van der Waals surface area contributed by atoms with Crippen molar-refractivity contribution in [2.75, 3.05) is 33.2 Å². The van der Waals surface area contributed by atoms with Gasteiger partial charge in [-0.05, 0) is 24.8 Å². The van der Waals surface area contributed by atoms with Crippen molar-refractivity contribution in [2.45, 2.75) is 0 Å². The first-order chi connectivity index (χ1) is 9.61. The molecule has 0 atom stereocenters. The summed E-state index contributed by atoms with van der Waals surface area (Å²) in [4.78, 5) is 16.2. The van der Waals surface area contributed by atoms with Gasteiger partial charge >= 0.3 is 0 Å². The maximum Gasteiger partial charge on any atom is 0.264 e. The molecule has 1 heterocycles. The molecule has 20 heavy (non-hydrogen) atoms. The number of halogens is 1. The monoisotopic (exact) mass is 289 g/mol. The molecule has 1 fully saturated rings. The minimum Gasteiger partial charge on any atom is -0.335 e. The van der Waals surface area contributed by atoms with Gasteiger partial charge < -0.3 is 9.80 Å². The molecule has 1 amide bonds. The van der Waals surface area contributed by atoms with Gasteiger partial charge in [-0.3, -0.25) is 4.79 Å². The lowest BCUT2D eigenvalue weighted by Crippen LogP contribution is -2.47. The van der Waals surface area contributed by atoms with Crippen LogP contribution >= 0.6 is 11.6 Å². The van der Waals surface area contributed by atoms with E-state index in [1.807, 2.05) is 25.2 Å². The number of amides is 1. The fourth-order valence-electron chi connectivity index (χ4n) is 2.07. The van der Waals surface area contributed by atoms with Crippen LogP contribution in [0.5, 0.6) is 0 Å². The van der Waals surface area contributed by atoms with Gasteiger partial charge in [0.05, 0.1) is 0 Å². The third kappa shape index (κ3) is 3.38. The second-order valence-electron chi connectivity index (χ2n) is 4.79. The Morgan fingerprint density at radius 1 is 1.30 bits per heavy atom. The first-order valence-corrected chi connectivity index (χ1v) is 6.84. The van der Waals surface area contributed by atoms with Crippen molar-refractivity contribution in [3.05, 3.63) is 40.4 Å². The molecule has 0 aromatic heterocycles. The number of hydrogen-bond donors (Lipinski definition) is 0. The van der Waals surface area contributed by atoms with Crippen LogP contribution in [0.4, 0.5) is 0 Å². The largest absolute Gasteiger partial charge is 0.335 e. The molecule has 1 aromatic rings. The van der Waals surface area contributed by atoms with Gasteiger partial charge in [-0.2, -0.15) is 5.26 Å². The molecule has 0 aliphatic carbocycles. The summed E-state index contributed by atoms with van der Waals surface area (Å²) in [7, 11) is 2.02. The maximum absolute atomic E-state index is 12.3. The second-order valence-corrected chi connectivity index (χ2v) is 5.19. The summed E-state index contributed by atoms with van der Waals surface area (Å²) in [6.07, 6.45) is 1.56. The van der Waals surface area contributed by atoms with E-state index in [0.29, 0.717) is 23.7 Å². The maximum atomic E-state index is 12.3. The standard InChI is InChI=1S/C15H16ClN3O/c1-18-6-8-19(9-7-18)15(20)13(11-17)10-12-4-2-3-5-14(12)16/h2-5,10H,6-9H2,1H3/b13-10+. The SMILES string of the molecule is CN1CCN(C(=O)/C(C#N)=C/c2ccccc2Cl)CC1. The smallest absolute Gasteiger partial charge is 0.264 e. The van der Waals surface area contributed by atoms with Crippen LogP contribution < -0.4 is 0 Å². The fraction of sp³-hybridized carbons (Fsp3) is 0.333. The van der Waals surface area contributed by atoms with E-state index in [9.17, 15) is 10.1 Å². The summed E-state index contributed by atoms with van der Waals surface area (Å²) >= 11 is 6.05. The van der Waals surface area contributed by atoms with E-state index < -0.39 is 0 Å². The van der Waals surface area contributed by atoms with Crippen molar-refractivity contribution in [3.63, 3.8) is 0 Å². The molecule has 5 heteroatoms. The highest BCUT2D eigenvalue weighted by Gasteiger charge is 2.22. The Bertz CT molecular complexity index is 569. The highest BCUT2D eigenvalue weighted by atomic mass is 35.5. The highest BCUT2D eigenvalue weighted by Crippen LogP contribution is 2.19. The highest BCUT2D eigenvalue weighted by molar-refractivity contribution is 6.32. The van der Waals surface area contributed by atoms with Crippen LogP contribution in [0, 0.1) is 11.3 Å². The van der Waals surface area contributed by atoms with Gasteiger partial charge in [-0.25, -0.2) is 0 Å². The van der Waals surface area contributed by atoms with Crippen LogP contribution in [0.3, 0.4) is 0 Å². The molecule has 1 saturated heterocycles. The van der Waals surface area contributed by atoms with Crippen molar-refractivity contribution in [3.8, 4) is 6.07 Å². The van der Waals surface area contributed by atoms with Crippen molar-refractivity contribution in [1.82, 2.24) is 9.80 Å². The minimum absolute atomic E-state index is 0.127. The zero-order valence-corrected chi connectivity index (χ0v) is 12.1. The lowest BCUT2D eigenvalue weighted by Gasteiger charge is -2.32. The molecule has 104 valence electrons. The Hall–Kier alpha value is -1.83. The van der Waals surface area contributed by atoms with Crippen LogP contribution in [-0.4, -0.2) is 48.9 Å². The zero-order valence-electron chi connectivity index (χ0n) is 11.3. The molecule has 4 nitrogen and oxygen atoms in total. The molecule has 0 bridgehead atoms. The zero-order chi connectivity index (χ0) is 14.5. The van der Waals surface area contributed by atoms with Gasteiger partial charge in [0, 0.05) is 31.2 Å². The lowest BCUT2D eigenvalue weighted by molar-refractivity contribution is -0.128. The van der Waals surface area contributed by atoms with E-state index in [-0.39, 0.29) is 11.5 Å². The number of nitrogens with zero attached hydrogens (tertiary/aromatic N) is 3. The van der Waals surface area contributed by atoms with E-state index >= 15 is 0 Å². The van der Waals surface area contributed by atoms with Gasteiger partial charge in [-0.1, -0.05) is 29.8 Å². The number of piperazine rings is 1. The number of rotatable bonds is 2. The fourth-order valence-corrected chi connectivity index (χ4v) is 2.26. The number of likely N-dealkylation sites (N-methyl/N-ethyl adjacent to an activating group) is 1. The van der Waals surface area contributed by atoms with Gasteiger partial charge in [0.15, 0.2) is 0 Å². The lowest BCUT2D eigenvalue weighted by atomic mass is 10.1. The summed E-state index contributed by atoms with van der Waals surface area (Å²) < 4.78 is 0. The van der Waals surface area contributed by atoms with Gasteiger partial charge in [-0.15, -0.1) is 0 Å². The third-order valence-electron chi connectivity index (χ3n) is 3.35. The minimum atomic E-state index is -0.222. The predicted molar refractivity (Wildman–Crippen MR) is 79.1 cm³/mol. The molecule has 2 rings (SSSR count). The Morgan fingerprint density at radius 2 is 1.95 bits per heavy atom. The molecule has 1 aliphatic rings. The number of nitriles is 1. The number of carbonyl (C=O) groups excluding carboxylic acids is 1. The quantitative estimate of drug-likeness (QED) is 0.618. The summed E-state index contributed by atoms with van der Waals surface area (Å²) in [6.45, 7) is 2.96. The van der Waals surface area contributed by atoms with Crippen molar-refractivity contribution in [2.24, 2.45) is 0 Å². The van der Waals surface area contributed by atoms with E-state index in [0.717, 1.165) is 13.1 Å². The average Bonchev–Trinajstić information content (AvgIpc) is 2.46. The van der Waals surface area contributed by atoms with Crippen LogP contribution in [-0.2, 0) is 4.79 Å². The summed E-state index contributed by atoms with van der Waals surface area (Å²) in [5, 5.41) is 9.75. The molecule has 0 unspecified atom stereocenters. The Kier molecular flexibility index (Phi) is 4.78. The number of carbonyl (C=O) groups is 1. The second kappa shape index (κ2) is 6.56. The Morgan fingerprint density at radius 3 is 2.55 bits per heavy atom. The van der Waals surface area contributed by atoms with Gasteiger partial charge in [0.2, 0.25) is 0 Å². The predicted octanol–water partition coefficient (Wildman–Crippen LogP) is 2.02. The van der Waals surface area contributed by atoms with Crippen LogP contribution in [0.2, 0.25) is 5.02 Å². The van der Waals surface area contributed by atoms with E-state index in [1.165, 1.54) is 0 Å². The van der Waals surface area contributed by atoms with Gasteiger partial charge in [0.25, 0.3) is 5.91 Å². The molecule has 0 saturated carbocycles. The van der Waals surface area contributed by atoms with E-state index in [2.05, 4.69) is 4.90 Å². The topological polar surface area (TPSA) is 47.3 Å². The van der Waals surface area contributed by atoms with Crippen molar-refractivity contribution >= 4 is 23.6 Å².